The molecular formula is C21H31NO4. The molecule has 5 heteroatoms. The summed E-state index contributed by atoms with van der Waals surface area (Å²) in [6.45, 7) is 15.1. The number of carboxylic acid groups (broad SMARTS) is 1. The molecule has 1 aromatic rings. The maximum Gasteiger partial charge on any atom is 0.330 e. The van der Waals surface area contributed by atoms with Gasteiger partial charge in [-0.05, 0) is 31.4 Å². The molecule has 1 aromatic carbocycles. The van der Waals surface area contributed by atoms with Gasteiger partial charge in [0.2, 0.25) is 5.91 Å². The van der Waals surface area contributed by atoms with Crippen LogP contribution in [0.2, 0.25) is 0 Å². The minimum absolute atomic E-state index is 0.205. The maximum atomic E-state index is 10.4. The molecule has 26 heavy (non-hydrogen) atoms. The van der Waals surface area contributed by atoms with Crippen molar-refractivity contribution < 1.29 is 19.4 Å². The van der Waals surface area contributed by atoms with Crippen molar-refractivity contribution in [1.82, 2.24) is 5.32 Å². The standard InChI is InChI=1S/C8H8.C7H12O2.C6H11NO2/c1-2-8-6-4-3-5-7-8;1-3-4-5-6(2)7(8)9;1-3-6(8)7-5-9-4-2/h2-7H,1H2;2-5H2,1H3,(H,8,9);3H,1,4-5H2,2H3,(H,7,8). The average molecular weight is 361 g/mol. The first-order valence-electron chi connectivity index (χ1n) is 8.49. The summed E-state index contributed by atoms with van der Waals surface area (Å²) in [5, 5.41) is 10.8. The van der Waals surface area contributed by atoms with E-state index >= 15 is 0 Å². The Morgan fingerprint density at radius 3 is 2.19 bits per heavy atom. The predicted molar refractivity (Wildman–Crippen MR) is 108 cm³/mol. The van der Waals surface area contributed by atoms with Gasteiger partial charge in [-0.1, -0.05) is 69.5 Å². The predicted octanol–water partition coefficient (Wildman–Crippen LogP) is 4.43. The van der Waals surface area contributed by atoms with Gasteiger partial charge in [0, 0.05) is 12.2 Å². The van der Waals surface area contributed by atoms with Crippen LogP contribution in [0.4, 0.5) is 0 Å². The number of carbonyl (C=O) groups is 2. The number of aliphatic carboxylic acids is 1. The zero-order valence-electron chi connectivity index (χ0n) is 15.9. The summed E-state index contributed by atoms with van der Waals surface area (Å²) < 4.78 is 4.83. The molecule has 0 heterocycles. The van der Waals surface area contributed by atoms with Gasteiger partial charge in [-0.2, -0.15) is 0 Å². The van der Waals surface area contributed by atoms with Gasteiger partial charge in [-0.3, -0.25) is 4.79 Å². The topological polar surface area (TPSA) is 75.6 Å². The van der Waals surface area contributed by atoms with Crippen LogP contribution in [0.5, 0.6) is 0 Å². The van der Waals surface area contributed by atoms with Gasteiger partial charge in [-0.15, -0.1) is 0 Å². The molecule has 0 aliphatic heterocycles. The summed E-state index contributed by atoms with van der Waals surface area (Å²) >= 11 is 0. The zero-order chi connectivity index (χ0) is 20.2. The van der Waals surface area contributed by atoms with E-state index < -0.39 is 5.97 Å². The summed E-state index contributed by atoms with van der Waals surface area (Å²) in [5.41, 5.74) is 1.49. The lowest BCUT2D eigenvalue weighted by atomic mass is 10.1. The van der Waals surface area contributed by atoms with E-state index in [-0.39, 0.29) is 12.6 Å². The lowest BCUT2D eigenvalue weighted by Crippen LogP contribution is -2.23. The molecule has 0 aliphatic carbocycles. The Kier molecular flexibility index (Phi) is 18.4. The van der Waals surface area contributed by atoms with Crippen molar-refractivity contribution in [2.24, 2.45) is 0 Å². The van der Waals surface area contributed by atoms with E-state index in [1.54, 1.807) is 0 Å². The molecule has 5 nitrogen and oxygen atoms in total. The number of hydrogen-bond acceptors (Lipinski definition) is 3. The van der Waals surface area contributed by atoms with Gasteiger partial charge < -0.3 is 15.2 Å². The smallest absolute Gasteiger partial charge is 0.330 e. The highest BCUT2D eigenvalue weighted by Crippen LogP contribution is 2.03. The number of carbonyl (C=O) groups excluding carboxylic acids is 1. The Hall–Kier alpha value is -2.66. The van der Waals surface area contributed by atoms with Gasteiger partial charge in [-0.25, -0.2) is 4.79 Å². The summed E-state index contributed by atoms with van der Waals surface area (Å²) in [7, 11) is 0. The largest absolute Gasteiger partial charge is 0.478 e. The number of benzene rings is 1. The van der Waals surface area contributed by atoms with Crippen LogP contribution in [0.1, 0.15) is 38.7 Å². The molecule has 1 amide bonds. The van der Waals surface area contributed by atoms with Crippen LogP contribution in [0.15, 0.2) is 61.7 Å². The van der Waals surface area contributed by atoms with Crippen LogP contribution >= 0.6 is 0 Å². The molecule has 0 atom stereocenters. The number of ether oxygens (including phenoxy) is 1. The van der Waals surface area contributed by atoms with Crippen molar-refractivity contribution in [3.8, 4) is 0 Å². The molecule has 0 bridgehead atoms. The number of nitrogens with one attached hydrogen (secondary N) is 1. The van der Waals surface area contributed by atoms with Crippen molar-refractivity contribution in [3.63, 3.8) is 0 Å². The zero-order valence-corrected chi connectivity index (χ0v) is 15.9. The normalized spacial score (nSPS) is 8.69. The Bertz CT molecular complexity index is 536. The van der Waals surface area contributed by atoms with E-state index in [9.17, 15) is 9.59 Å². The summed E-state index contributed by atoms with van der Waals surface area (Å²) in [6, 6.07) is 10.0. The van der Waals surface area contributed by atoms with Crippen LogP contribution in [0, 0.1) is 0 Å². The average Bonchev–Trinajstić information content (AvgIpc) is 2.67. The van der Waals surface area contributed by atoms with E-state index in [4.69, 9.17) is 9.84 Å². The van der Waals surface area contributed by atoms with E-state index in [1.807, 2.05) is 50.3 Å². The van der Waals surface area contributed by atoms with Crippen molar-refractivity contribution in [1.29, 1.82) is 0 Å². The Labute approximate surface area is 157 Å². The third-order valence-electron chi connectivity index (χ3n) is 2.91. The first kappa shape index (κ1) is 25.6. The first-order valence-corrected chi connectivity index (χ1v) is 8.49. The minimum Gasteiger partial charge on any atom is -0.478 e. The Morgan fingerprint density at radius 1 is 1.19 bits per heavy atom. The highest BCUT2D eigenvalue weighted by Gasteiger charge is 2.00. The number of unbranched alkanes of at least 4 members (excludes halogenated alkanes) is 1. The molecule has 0 saturated carbocycles. The summed E-state index contributed by atoms with van der Waals surface area (Å²) in [6.07, 6.45) is 5.60. The summed E-state index contributed by atoms with van der Waals surface area (Å²) in [4.78, 5) is 20.5. The van der Waals surface area contributed by atoms with Gasteiger partial charge in [0.15, 0.2) is 0 Å². The van der Waals surface area contributed by atoms with Crippen LogP contribution in [-0.4, -0.2) is 30.3 Å². The second-order valence-electron chi connectivity index (χ2n) is 5.01. The van der Waals surface area contributed by atoms with Crippen molar-refractivity contribution in [2.45, 2.75) is 33.1 Å². The van der Waals surface area contributed by atoms with Crippen LogP contribution < -0.4 is 5.32 Å². The van der Waals surface area contributed by atoms with Crippen LogP contribution in [0.3, 0.4) is 0 Å². The monoisotopic (exact) mass is 361 g/mol. The van der Waals surface area contributed by atoms with Gasteiger partial charge in [0.25, 0.3) is 0 Å². The highest BCUT2D eigenvalue weighted by molar-refractivity contribution is 5.86. The fourth-order valence-corrected chi connectivity index (χ4v) is 1.38. The molecule has 144 valence electrons. The number of amides is 1. The lowest BCUT2D eigenvalue weighted by Gasteiger charge is -1.99. The quantitative estimate of drug-likeness (QED) is 0.388. The third kappa shape index (κ3) is 17.7. The molecule has 0 saturated heterocycles. The number of rotatable bonds is 9. The highest BCUT2D eigenvalue weighted by atomic mass is 16.5. The molecule has 0 aromatic heterocycles. The Morgan fingerprint density at radius 2 is 1.81 bits per heavy atom. The van der Waals surface area contributed by atoms with Gasteiger partial charge in [0.05, 0.1) is 0 Å². The van der Waals surface area contributed by atoms with Gasteiger partial charge in [0.1, 0.15) is 6.73 Å². The third-order valence-corrected chi connectivity index (χ3v) is 2.91. The SMILES string of the molecule is C=C(CCCC)C(=O)O.C=CC(=O)NCOCC.C=Cc1ccccc1. The fraction of sp³-hybridized carbons (Fsp3) is 0.333. The first-order chi connectivity index (χ1) is 12.4. The van der Waals surface area contributed by atoms with Crippen molar-refractivity contribution >= 4 is 18.0 Å². The second-order valence-corrected chi connectivity index (χ2v) is 5.01. The molecule has 2 N–H and O–H groups in total. The lowest BCUT2D eigenvalue weighted by molar-refractivity contribution is -0.132. The molecular weight excluding hydrogens is 330 g/mol. The summed E-state index contributed by atoms with van der Waals surface area (Å²) in [5.74, 6) is -1.08. The van der Waals surface area contributed by atoms with Crippen LogP contribution in [-0.2, 0) is 14.3 Å². The van der Waals surface area contributed by atoms with Crippen molar-refractivity contribution in [2.75, 3.05) is 13.3 Å². The van der Waals surface area contributed by atoms with Crippen molar-refractivity contribution in [3.05, 3.63) is 67.3 Å². The molecule has 0 fully saturated rings. The van der Waals surface area contributed by atoms with E-state index in [1.165, 1.54) is 11.6 Å². The fourth-order valence-electron chi connectivity index (χ4n) is 1.38. The molecule has 0 radical (unpaired) electrons. The maximum absolute atomic E-state index is 10.4. The van der Waals surface area contributed by atoms with E-state index in [0.717, 1.165) is 12.8 Å². The van der Waals surface area contributed by atoms with Gasteiger partial charge >= 0.3 is 5.97 Å². The second kappa shape index (κ2) is 18.7. The molecule has 0 unspecified atom stereocenters. The molecule has 1 rings (SSSR count). The van der Waals surface area contributed by atoms with E-state index in [2.05, 4.69) is 25.1 Å². The number of carboxylic acids is 1. The van der Waals surface area contributed by atoms with Crippen LogP contribution in [0.25, 0.3) is 6.08 Å². The minimum atomic E-state index is -0.872. The number of hydrogen-bond donors (Lipinski definition) is 2. The van der Waals surface area contributed by atoms with E-state index in [0.29, 0.717) is 18.6 Å². The Balaban J connectivity index is 0. The molecule has 0 aliphatic rings. The molecule has 0 spiro atoms.